The molecule has 0 radical (unpaired) electrons. The van der Waals surface area contributed by atoms with Gasteiger partial charge < -0.3 is 11.5 Å². The molecule has 0 saturated heterocycles. The van der Waals surface area contributed by atoms with Crippen LogP contribution in [0.25, 0.3) is 0 Å². The molecule has 4 heteroatoms. The predicted octanol–water partition coefficient (Wildman–Crippen LogP) is -0.0381. The molecule has 48 valence electrons. The van der Waals surface area contributed by atoms with Crippen molar-refractivity contribution < 1.29 is 0 Å². The number of nitrogens with two attached hydrogens (primary N) is 2. The van der Waals surface area contributed by atoms with Gasteiger partial charge in [-0.15, -0.1) is 0 Å². The molecule has 5 N–H and O–H groups in total. The summed E-state index contributed by atoms with van der Waals surface area (Å²) >= 11 is 1.34. The third-order valence-electron chi connectivity index (χ3n) is 0.606. The average molecular weight is 133 g/mol. The lowest BCUT2D eigenvalue weighted by atomic mass is 10.5. The normalized spacial score (nSPS) is 9.12. The minimum Gasteiger partial charge on any atom is -0.379 e. The summed E-state index contributed by atoms with van der Waals surface area (Å²) in [5, 5.41) is 6.95. The minimum atomic E-state index is 0.179. The molecule has 0 rings (SSSR count). The lowest BCUT2D eigenvalue weighted by Gasteiger charge is -1.93. The molecule has 0 spiro atoms. The van der Waals surface area contributed by atoms with E-state index in [0.717, 1.165) is 12.2 Å². The first-order valence-electron chi connectivity index (χ1n) is 2.44. The monoisotopic (exact) mass is 133 g/mol. The average Bonchev–Trinajstić information content (AvgIpc) is 1.66. The van der Waals surface area contributed by atoms with Crippen LogP contribution in [0, 0.1) is 5.41 Å². The Morgan fingerprint density at radius 2 is 2.25 bits per heavy atom. The quantitative estimate of drug-likeness (QED) is 0.287. The first-order chi connectivity index (χ1) is 3.77. The van der Waals surface area contributed by atoms with Crippen LogP contribution < -0.4 is 11.5 Å². The van der Waals surface area contributed by atoms with E-state index < -0.39 is 0 Å². The first-order valence-corrected chi connectivity index (χ1v) is 3.43. The molecule has 0 atom stereocenters. The third kappa shape index (κ3) is 5.78. The van der Waals surface area contributed by atoms with Gasteiger partial charge in [-0.2, -0.15) is 0 Å². The summed E-state index contributed by atoms with van der Waals surface area (Å²) in [6.45, 7) is 0.681. The van der Waals surface area contributed by atoms with Crippen molar-refractivity contribution >= 4 is 16.9 Å². The van der Waals surface area contributed by atoms with E-state index in [1.165, 1.54) is 11.8 Å². The third-order valence-corrected chi connectivity index (χ3v) is 1.41. The molecule has 0 aromatic carbocycles. The molecule has 0 aliphatic rings. The molecule has 8 heavy (non-hydrogen) atoms. The fourth-order valence-electron chi connectivity index (χ4n) is 0.265. The van der Waals surface area contributed by atoms with E-state index in [2.05, 4.69) is 0 Å². The van der Waals surface area contributed by atoms with Gasteiger partial charge in [-0.05, 0) is 13.0 Å². The second kappa shape index (κ2) is 4.93. The Balaban J connectivity index is 2.82. The van der Waals surface area contributed by atoms with Crippen LogP contribution in [0.5, 0.6) is 0 Å². The number of amidine groups is 1. The Morgan fingerprint density at radius 1 is 1.62 bits per heavy atom. The maximum absolute atomic E-state index is 6.77. The fraction of sp³-hybridized carbons (Fsp3) is 0.750. The van der Waals surface area contributed by atoms with Crippen LogP contribution in [0.1, 0.15) is 6.42 Å². The molecule has 0 bridgehead atoms. The second-order valence-electron chi connectivity index (χ2n) is 1.35. The molecular weight excluding hydrogens is 122 g/mol. The van der Waals surface area contributed by atoms with Crippen molar-refractivity contribution in [1.29, 1.82) is 5.41 Å². The van der Waals surface area contributed by atoms with Crippen LogP contribution >= 0.6 is 11.8 Å². The molecule has 0 aromatic heterocycles. The minimum absolute atomic E-state index is 0.179. The van der Waals surface area contributed by atoms with Gasteiger partial charge in [0.15, 0.2) is 5.17 Å². The van der Waals surface area contributed by atoms with Gasteiger partial charge in [-0.1, -0.05) is 11.8 Å². The lowest BCUT2D eigenvalue weighted by Crippen LogP contribution is -2.06. The largest absolute Gasteiger partial charge is 0.379 e. The van der Waals surface area contributed by atoms with Crippen molar-refractivity contribution in [2.24, 2.45) is 11.5 Å². The highest BCUT2D eigenvalue weighted by Crippen LogP contribution is 1.97. The Kier molecular flexibility index (Phi) is 4.79. The smallest absolute Gasteiger partial charge is 0.151 e. The molecule has 0 amide bonds. The Hall–Kier alpha value is -0.220. The number of thioether (sulfide) groups is 1. The highest BCUT2D eigenvalue weighted by atomic mass is 32.2. The van der Waals surface area contributed by atoms with Crippen molar-refractivity contribution in [3.8, 4) is 0 Å². The zero-order valence-corrected chi connectivity index (χ0v) is 5.50. The number of rotatable bonds is 3. The van der Waals surface area contributed by atoms with E-state index in [4.69, 9.17) is 16.9 Å². The first kappa shape index (κ1) is 7.78. The van der Waals surface area contributed by atoms with E-state index >= 15 is 0 Å². The van der Waals surface area contributed by atoms with E-state index in [1.807, 2.05) is 0 Å². The highest BCUT2D eigenvalue weighted by Gasteiger charge is 1.87. The topological polar surface area (TPSA) is 75.9 Å². The molecule has 3 nitrogen and oxygen atoms in total. The lowest BCUT2D eigenvalue weighted by molar-refractivity contribution is 0.945. The van der Waals surface area contributed by atoms with Gasteiger partial charge in [0.2, 0.25) is 0 Å². The molecule has 0 fully saturated rings. The van der Waals surface area contributed by atoms with Crippen molar-refractivity contribution in [3.05, 3.63) is 0 Å². The predicted molar refractivity (Wildman–Crippen MR) is 38.0 cm³/mol. The number of nitrogens with one attached hydrogen (secondary N) is 1. The molecule has 0 aliphatic carbocycles. The summed E-state index contributed by atoms with van der Waals surface area (Å²) in [4.78, 5) is 0. The standard InChI is InChI=1S/C4H11N3S/c5-2-1-3-8-4(6)7/h1-3,5H2,(H3,6,7). The fourth-order valence-corrected chi connectivity index (χ4v) is 0.796. The zero-order valence-electron chi connectivity index (χ0n) is 4.68. The zero-order chi connectivity index (χ0) is 6.41. The van der Waals surface area contributed by atoms with Crippen molar-refractivity contribution in [2.75, 3.05) is 12.3 Å². The van der Waals surface area contributed by atoms with Crippen molar-refractivity contribution in [3.63, 3.8) is 0 Å². The van der Waals surface area contributed by atoms with Gasteiger partial charge in [-0.3, -0.25) is 5.41 Å². The van der Waals surface area contributed by atoms with Crippen LogP contribution in [0.15, 0.2) is 0 Å². The summed E-state index contributed by atoms with van der Waals surface area (Å²) in [5.74, 6) is 0.867. The van der Waals surface area contributed by atoms with E-state index in [9.17, 15) is 0 Å². The number of hydrogen-bond donors (Lipinski definition) is 3. The van der Waals surface area contributed by atoms with Gasteiger partial charge in [0.1, 0.15) is 0 Å². The summed E-state index contributed by atoms with van der Waals surface area (Å²) in [6.07, 6.45) is 0.935. The van der Waals surface area contributed by atoms with Crippen LogP contribution in [-0.2, 0) is 0 Å². The van der Waals surface area contributed by atoms with Gasteiger partial charge in [0.25, 0.3) is 0 Å². The Morgan fingerprint density at radius 3 is 2.62 bits per heavy atom. The van der Waals surface area contributed by atoms with Gasteiger partial charge in [-0.25, -0.2) is 0 Å². The summed E-state index contributed by atoms with van der Waals surface area (Å²) in [7, 11) is 0. The van der Waals surface area contributed by atoms with Gasteiger partial charge in [0, 0.05) is 5.75 Å². The molecule has 0 heterocycles. The SMILES string of the molecule is N=C(N)SCCCN. The molecular formula is C4H11N3S. The highest BCUT2D eigenvalue weighted by molar-refractivity contribution is 8.13. The summed E-state index contributed by atoms with van der Waals surface area (Å²) in [6, 6.07) is 0. The van der Waals surface area contributed by atoms with Crippen molar-refractivity contribution in [1.82, 2.24) is 0 Å². The van der Waals surface area contributed by atoms with Gasteiger partial charge >= 0.3 is 0 Å². The maximum atomic E-state index is 6.77. The second-order valence-corrected chi connectivity index (χ2v) is 2.49. The van der Waals surface area contributed by atoms with Crippen LogP contribution in [0.4, 0.5) is 0 Å². The molecule has 0 aliphatic heterocycles. The van der Waals surface area contributed by atoms with Crippen LogP contribution in [0.2, 0.25) is 0 Å². The van der Waals surface area contributed by atoms with E-state index in [0.29, 0.717) is 6.54 Å². The number of hydrogen-bond acceptors (Lipinski definition) is 3. The maximum Gasteiger partial charge on any atom is 0.151 e. The van der Waals surface area contributed by atoms with Crippen molar-refractivity contribution in [2.45, 2.75) is 6.42 Å². The Bertz CT molecular complexity index is 73.7. The molecule has 0 aromatic rings. The summed E-state index contributed by atoms with van der Waals surface area (Å²) in [5.41, 5.74) is 10.2. The Labute approximate surface area is 53.3 Å². The summed E-state index contributed by atoms with van der Waals surface area (Å²) < 4.78 is 0. The molecule has 0 unspecified atom stereocenters. The van der Waals surface area contributed by atoms with Gasteiger partial charge in [0.05, 0.1) is 0 Å². The van der Waals surface area contributed by atoms with E-state index in [1.54, 1.807) is 0 Å². The van der Waals surface area contributed by atoms with Crippen LogP contribution in [-0.4, -0.2) is 17.5 Å². The van der Waals surface area contributed by atoms with E-state index in [-0.39, 0.29) is 5.17 Å². The van der Waals surface area contributed by atoms with Crippen LogP contribution in [0.3, 0.4) is 0 Å². The molecule has 0 saturated carbocycles.